The molecule has 0 bridgehead atoms. The first-order valence-electron chi connectivity index (χ1n) is 6.41. The predicted molar refractivity (Wildman–Crippen MR) is 84.9 cm³/mol. The van der Waals surface area contributed by atoms with Gasteiger partial charge in [0.15, 0.2) is 0 Å². The minimum atomic E-state index is -0.736. The average molecular weight is 336 g/mol. The van der Waals surface area contributed by atoms with E-state index in [0.29, 0.717) is 11.3 Å². The number of nitrogen functional groups attached to an aromatic ring is 1. The predicted octanol–water partition coefficient (Wildman–Crippen LogP) is 3.76. The van der Waals surface area contributed by atoms with Crippen molar-refractivity contribution < 1.29 is 9.84 Å². The largest absolute Gasteiger partial charge is 0.491 e. The van der Waals surface area contributed by atoms with E-state index in [9.17, 15) is 5.11 Å². The second-order valence-corrected chi connectivity index (χ2v) is 5.62. The molecule has 3 N–H and O–H groups in total. The van der Waals surface area contributed by atoms with Crippen LogP contribution in [0.5, 0.6) is 5.75 Å². The van der Waals surface area contributed by atoms with E-state index in [-0.39, 0.29) is 6.61 Å². The minimum Gasteiger partial charge on any atom is -0.491 e. The van der Waals surface area contributed by atoms with Crippen LogP contribution in [0.15, 0.2) is 40.9 Å². The van der Waals surface area contributed by atoms with E-state index in [4.69, 9.17) is 10.5 Å². The smallest absolute Gasteiger partial charge is 0.120 e. The van der Waals surface area contributed by atoms with Crippen molar-refractivity contribution in [2.24, 2.45) is 0 Å². The van der Waals surface area contributed by atoms with E-state index in [1.165, 1.54) is 0 Å². The van der Waals surface area contributed by atoms with Crippen LogP contribution >= 0.6 is 15.9 Å². The van der Waals surface area contributed by atoms with Gasteiger partial charge in [-0.1, -0.05) is 34.1 Å². The number of rotatable bonds is 4. The molecule has 0 aliphatic carbocycles. The van der Waals surface area contributed by atoms with Gasteiger partial charge < -0.3 is 15.6 Å². The van der Waals surface area contributed by atoms with Gasteiger partial charge in [-0.25, -0.2) is 0 Å². The second kappa shape index (κ2) is 6.29. The fourth-order valence-corrected chi connectivity index (χ4v) is 2.30. The molecule has 3 nitrogen and oxygen atoms in total. The summed E-state index contributed by atoms with van der Waals surface area (Å²) in [6.07, 6.45) is -0.736. The van der Waals surface area contributed by atoms with E-state index in [1.807, 2.05) is 38.1 Å². The van der Waals surface area contributed by atoms with Gasteiger partial charge in [-0.05, 0) is 43.2 Å². The summed E-state index contributed by atoms with van der Waals surface area (Å²) in [5.74, 6) is 0.747. The Morgan fingerprint density at radius 1 is 1.20 bits per heavy atom. The molecule has 0 radical (unpaired) electrons. The average Bonchev–Trinajstić information content (AvgIpc) is 2.42. The number of aliphatic hydroxyl groups excluding tert-OH is 1. The normalized spacial score (nSPS) is 12.2. The zero-order chi connectivity index (χ0) is 14.7. The Kier molecular flexibility index (Phi) is 4.68. The van der Waals surface area contributed by atoms with E-state index >= 15 is 0 Å². The summed E-state index contributed by atoms with van der Waals surface area (Å²) in [5.41, 5.74) is 9.32. The molecule has 4 heteroatoms. The van der Waals surface area contributed by atoms with E-state index in [1.54, 1.807) is 12.1 Å². The first-order chi connectivity index (χ1) is 9.49. The summed E-state index contributed by atoms with van der Waals surface area (Å²) in [7, 11) is 0. The Hall–Kier alpha value is -1.52. The lowest BCUT2D eigenvalue weighted by atomic mass is 10.1. The number of benzene rings is 2. The lowest BCUT2D eigenvalue weighted by Crippen LogP contribution is -2.11. The molecule has 0 spiro atoms. The highest BCUT2D eigenvalue weighted by Crippen LogP contribution is 2.27. The standard InChI is InChI=1S/C16H18BrNO2/c1-10-7-12(8-11(2)16(10)17)20-9-15(19)13-5-3-4-6-14(13)18/h3-8,15,19H,9,18H2,1-2H3. The van der Waals surface area contributed by atoms with Crippen LogP contribution in [0.1, 0.15) is 22.8 Å². The molecule has 2 aromatic rings. The van der Waals surface area contributed by atoms with Crippen LogP contribution < -0.4 is 10.5 Å². The number of ether oxygens (including phenoxy) is 1. The van der Waals surface area contributed by atoms with Crippen molar-refractivity contribution in [3.05, 3.63) is 57.6 Å². The Labute approximate surface area is 127 Å². The molecule has 20 heavy (non-hydrogen) atoms. The van der Waals surface area contributed by atoms with Crippen LogP contribution in [-0.2, 0) is 0 Å². The maximum absolute atomic E-state index is 10.1. The summed E-state index contributed by atoms with van der Waals surface area (Å²) in [4.78, 5) is 0. The summed E-state index contributed by atoms with van der Waals surface area (Å²) in [5, 5.41) is 10.1. The lowest BCUT2D eigenvalue weighted by molar-refractivity contribution is 0.108. The monoisotopic (exact) mass is 335 g/mol. The molecule has 0 saturated heterocycles. The first kappa shape index (κ1) is 14.9. The third-order valence-corrected chi connectivity index (χ3v) is 4.42. The zero-order valence-electron chi connectivity index (χ0n) is 11.6. The molecule has 2 aromatic carbocycles. The molecule has 106 valence electrons. The van der Waals surface area contributed by atoms with Crippen molar-refractivity contribution in [2.75, 3.05) is 12.3 Å². The lowest BCUT2D eigenvalue weighted by Gasteiger charge is -2.15. The van der Waals surface area contributed by atoms with Crippen molar-refractivity contribution in [3.8, 4) is 5.75 Å². The number of halogens is 1. The van der Waals surface area contributed by atoms with Crippen molar-refractivity contribution in [1.29, 1.82) is 0 Å². The molecule has 0 aliphatic heterocycles. The number of aryl methyl sites for hydroxylation is 2. The molecule has 1 unspecified atom stereocenters. The van der Waals surface area contributed by atoms with Gasteiger partial charge >= 0.3 is 0 Å². The van der Waals surface area contributed by atoms with Crippen LogP contribution in [0.3, 0.4) is 0 Å². The molecule has 0 fully saturated rings. The zero-order valence-corrected chi connectivity index (χ0v) is 13.1. The number of hydrogen-bond acceptors (Lipinski definition) is 3. The molecular formula is C16H18BrNO2. The van der Waals surface area contributed by atoms with Gasteiger partial charge in [0.2, 0.25) is 0 Å². The van der Waals surface area contributed by atoms with E-state index in [2.05, 4.69) is 15.9 Å². The van der Waals surface area contributed by atoms with Gasteiger partial charge in [0.25, 0.3) is 0 Å². The van der Waals surface area contributed by atoms with Crippen molar-refractivity contribution in [3.63, 3.8) is 0 Å². The summed E-state index contributed by atoms with van der Waals surface area (Å²) in [6, 6.07) is 11.2. The highest BCUT2D eigenvalue weighted by atomic mass is 79.9. The fourth-order valence-electron chi connectivity index (χ4n) is 2.07. The van der Waals surface area contributed by atoms with Crippen LogP contribution in [-0.4, -0.2) is 11.7 Å². The van der Waals surface area contributed by atoms with Crippen LogP contribution in [0.4, 0.5) is 5.69 Å². The maximum atomic E-state index is 10.1. The van der Waals surface area contributed by atoms with Gasteiger partial charge in [0, 0.05) is 15.7 Å². The molecule has 0 amide bonds. The first-order valence-corrected chi connectivity index (χ1v) is 7.20. The number of anilines is 1. The van der Waals surface area contributed by atoms with Crippen molar-refractivity contribution in [2.45, 2.75) is 20.0 Å². The van der Waals surface area contributed by atoms with Crippen LogP contribution in [0.25, 0.3) is 0 Å². The Balaban J connectivity index is 2.07. The maximum Gasteiger partial charge on any atom is 0.120 e. The van der Waals surface area contributed by atoms with E-state index in [0.717, 1.165) is 21.3 Å². The molecule has 0 aliphatic rings. The summed E-state index contributed by atoms with van der Waals surface area (Å²) < 4.78 is 6.75. The molecular weight excluding hydrogens is 318 g/mol. The third-order valence-electron chi connectivity index (χ3n) is 3.17. The minimum absolute atomic E-state index is 0.175. The highest BCUT2D eigenvalue weighted by molar-refractivity contribution is 9.10. The van der Waals surface area contributed by atoms with Gasteiger partial charge in [-0.15, -0.1) is 0 Å². The van der Waals surface area contributed by atoms with Crippen molar-refractivity contribution in [1.82, 2.24) is 0 Å². The Bertz CT molecular complexity index is 590. The quantitative estimate of drug-likeness (QED) is 0.836. The third kappa shape index (κ3) is 3.32. The molecule has 0 saturated carbocycles. The van der Waals surface area contributed by atoms with Crippen LogP contribution in [0.2, 0.25) is 0 Å². The highest BCUT2D eigenvalue weighted by Gasteiger charge is 2.12. The van der Waals surface area contributed by atoms with Gasteiger partial charge in [-0.3, -0.25) is 0 Å². The summed E-state index contributed by atoms with van der Waals surface area (Å²) in [6.45, 7) is 4.19. The number of hydrogen-bond donors (Lipinski definition) is 2. The summed E-state index contributed by atoms with van der Waals surface area (Å²) >= 11 is 3.52. The second-order valence-electron chi connectivity index (χ2n) is 4.83. The van der Waals surface area contributed by atoms with Gasteiger partial charge in [0.05, 0.1) is 0 Å². The SMILES string of the molecule is Cc1cc(OCC(O)c2ccccc2N)cc(C)c1Br. The Morgan fingerprint density at radius 2 is 1.80 bits per heavy atom. The fraction of sp³-hybridized carbons (Fsp3) is 0.250. The Morgan fingerprint density at radius 3 is 2.40 bits per heavy atom. The molecule has 2 rings (SSSR count). The molecule has 1 atom stereocenters. The number of para-hydroxylation sites is 1. The topological polar surface area (TPSA) is 55.5 Å². The molecule has 0 aromatic heterocycles. The van der Waals surface area contributed by atoms with Crippen molar-refractivity contribution >= 4 is 21.6 Å². The molecule has 0 heterocycles. The number of nitrogens with two attached hydrogens (primary N) is 1. The number of aliphatic hydroxyl groups is 1. The van der Waals surface area contributed by atoms with Crippen LogP contribution in [0, 0.1) is 13.8 Å². The van der Waals surface area contributed by atoms with E-state index < -0.39 is 6.10 Å². The van der Waals surface area contributed by atoms with Gasteiger partial charge in [-0.2, -0.15) is 0 Å². The van der Waals surface area contributed by atoms with Gasteiger partial charge in [0.1, 0.15) is 18.5 Å².